The number of nitrogens with one attached hydrogen (secondary N) is 1. The quantitative estimate of drug-likeness (QED) is 0.189. The van der Waals surface area contributed by atoms with Crippen molar-refractivity contribution in [3.05, 3.63) is 113 Å². The number of likely N-dealkylation sites (N-methyl/N-ethyl adjacent to an activating group) is 1. The molecule has 0 aromatic heterocycles. The third-order valence-electron chi connectivity index (χ3n) is 6.08. The summed E-state index contributed by atoms with van der Waals surface area (Å²) in [4.78, 5) is 13.1. The summed E-state index contributed by atoms with van der Waals surface area (Å²) in [5.41, 5.74) is 7.61. The Morgan fingerprint density at radius 1 is 0.861 bits per heavy atom. The molecule has 0 atom stereocenters. The second-order valence-electron chi connectivity index (χ2n) is 8.84. The molecule has 1 N–H and O–H groups in total. The van der Waals surface area contributed by atoms with Crippen molar-refractivity contribution in [3.8, 4) is 5.75 Å². The van der Waals surface area contributed by atoms with Gasteiger partial charge in [0.15, 0.2) is 0 Å². The number of aryl methyl sites for hydroxylation is 1. The minimum Gasteiger partial charge on any atom is -0.492 e. The molecule has 0 saturated carbocycles. The van der Waals surface area contributed by atoms with Gasteiger partial charge in [-0.15, -0.1) is 0 Å². The summed E-state index contributed by atoms with van der Waals surface area (Å²) in [6, 6.07) is 28.0. The third-order valence-corrected chi connectivity index (χ3v) is 6.08. The first-order valence-corrected chi connectivity index (χ1v) is 12.7. The highest BCUT2D eigenvalue weighted by Crippen LogP contribution is 2.35. The number of hydrogen-bond acceptors (Lipinski definition) is 3. The van der Waals surface area contributed by atoms with E-state index in [1.165, 1.54) is 33.4 Å². The molecule has 0 saturated heterocycles. The van der Waals surface area contributed by atoms with Gasteiger partial charge in [-0.25, -0.2) is 0 Å². The smallest absolute Gasteiger partial charge is 0.245 e. The van der Waals surface area contributed by atoms with Crippen LogP contribution in [0.2, 0.25) is 0 Å². The van der Waals surface area contributed by atoms with Gasteiger partial charge in [0.2, 0.25) is 5.91 Å². The maximum atomic E-state index is 11.5. The maximum absolute atomic E-state index is 11.5. The number of rotatable bonds is 12. The zero-order valence-electron chi connectivity index (χ0n) is 22.0. The molecule has 0 bridgehead atoms. The largest absolute Gasteiger partial charge is 0.492 e. The first-order chi connectivity index (χ1) is 17.5. The van der Waals surface area contributed by atoms with Crippen LogP contribution in [0.3, 0.4) is 0 Å². The molecule has 3 aromatic carbocycles. The molecule has 36 heavy (non-hydrogen) atoms. The number of nitrogens with zero attached hydrogens (tertiary/aromatic N) is 1. The number of allylic oxidation sites excluding steroid dienone is 1. The predicted octanol–water partition coefficient (Wildman–Crippen LogP) is 6.23. The fourth-order valence-electron chi connectivity index (χ4n) is 4.04. The second-order valence-corrected chi connectivity index (χ2v) is 8.84. The molecule has 1 amide bonds. The number of carbonyl (C=O) groups is 1. The summed E-state index contributed by atoms with van der Waals surface area (Å²) in [5.74, 6) is 0.831. The molecule has 0 fully saturated rings. The van der Waals surface area contributed by atoms with Gasteiger partial charge in [-0.3, -0.25) is 4.79 Å². The maximum Gasteiger partial charge on any atom is 0.245 e. The van der Waals surface area contributed by atoms with E-state index in [4.69, 9.17) is 4.74 Å². The lowest BCUT2D eigenvalue weighted by molar-refractivity contribution is -0.123. The first-order valence-electron chi connectivity index (χ1n) is 12.7. The summed E-state index contributed by atoms with van der Waals surface area (Å²) in [7, 11) is 3.48. The van der Waals surface area contributed by atoms with E-state index in [9.17, 15) is 4.79 Å². The molecular weight excluding hydrogens is 444 g/mol. The van der Waals surface area contributed by atoms with Crippen molar-refractivity contribution < 1.29 is 9.53 Å². The number of ether oxygens (including phenoxy) is 1. The van der Waals surface area contributed by atoms with Crippen LogP contribution in [0, 0.1) is 0 Å². The van der Waals surface area contributed by atoms with Gasteiger partial charge in [0, 0.05) is 33.3 Å². The first kappa shape index (κ1) is 27.0. The number of amides is 1. The molecule has 0 heterocycles. The molecule has 0 unspecified atom stereocenters. The van der Waals surface area contributed by atoms with Crippen LogP contribution in [0.15, 0.2) is 91.0 Å². The molecule has 3 rings (SSSR count). The van der Waals surface area contributed by atoms with Crippen molar-refractivity contribution in [3.63, 3.8) is 0 Å². The van der Waals surface area contributed by atoms with E-state index in [0.29, 0.717) is 19.7 Å². The normalized spacial score (nSPS) is 11.9. The number of benzene rings is 3. The third kappa shape index (κ3) is 7.69. The van der Waals surface area contributed by atoms with Crippen molar-refractivity contribution >= 4 is 17.1 Å². The second kappa shape index (κ2) is 14.1. The van der Waals surface area contributed by atoms with E-state index in [1.54, 1.807) is 25.1 Å². The van der Waals surface area contributed by atoms with Gasteiger partial charge >= 0.3 is 0 Å². The minimum absolute atomic E-state index is 0.0127. The monoisotopic (exact) mass is 482 g/mol. The Kier molecular flexibility index (Phi) is 10.5. The molecule has 4 nitrogen and oxygen atoms in total. The molecule has 0 radical (unpaired) electrons. The highest BCUT2D eigenvalue weighted by atomic mass is 16.5. The molecule has 3 aromatic rings. The SMILES string of the molecule is CC/C(=C(\c1ccccc1)c1ccc(OCCNC/C=C/C(=O)N(C)C)cc1)c1ccc(CC)cc1. The Labute approximate surface area is 216 Å². The lowest BCUT2D eigenvalue weighted by Gasteiger charge is -2.17. The lowest BCUT2D eigenvalue weighted by atomic mass is 9.88. The van der Waals surface area contributed by atoms with Crippen molar-refractivity contribution in [1.82, 2.24) is 10.2 Å². The van der Waals surface area contributed by atoms with Gasteiger partial charge < -0.3 is 15.0 Å². The van der Waals surface area contributed by atoms with Crippen LogP contribution in [0.1, 0.15) is 42.5 Å². The van der Waals surface area contributed by atoms with E-state index in [1.807, 2.05) is 18.2 Å². The van der Waals surface area contributed by atoms with Crippen LogP contribution in [0.4, 0.5) is 0 Å². The van der Waals surface area contributed by atoms with E-state index >= 15 is 0 Å². The zero-order valence-corrected chi connectivity index (χ0v) is 22.0. The summed E-state index contributed by atoms with van der Waals surface area (Å²) in [6.07, 6.45) is 5.39. The Morgan fingerprint density at radius 3 is 2.11 bits per heavy atom. The molecule has 4 heteroatoms. The molecular formula is C32H38N2O2. The van der Waals surface area contributed by atoms with Gasteiger partial charge in [0.25, 0.3) is 0 Å². The zero-order chi connectivity index (χ0) is 25.8. The summed E-state index contributed by atoms with van der Waals surface area (Å²) in [6.45, 7) is 6.30. The van der Waals surface area contributed by atoms with Crippen LogP contribution in [0.25, 0.3) is 11.1 Å². The van der Waals surface area contributed by atoms with Crippen LogP contribution in [-0.4, -0.2) is 44.6 Å². The lowest BCUT2D eigenvalue weighted by Crippen LogP contribution is -2.22. The van der Waals surface area contributed by atoms with Gasteiger partial charge in [-0.05, 0) is 58.4 Å². The van der Waals surface area contributed by atoms with E-state index in [-0.39, 0.29) is 5.91 Å². The molecule has 0 aliphatic carbocycles. The molecule has 0 aliphatic heterocycles. The van der Waals surface area contributed by atoms with Crippen molar-refractivity contribution in [2.45, 2.75) is 26.7 Å². The summed E-state index contributed by atoms with van der Waals surface area (Å²) >= 11 is 0. The van der Waals surface area contributed by atoms with Gasteiger partial charge in [-0.2, -0.15) is 0 Å². The molecule has 188 valence electrons. The van der Waals surface area contributed by atoms with Gasteiger partial charge in [-0.1, -0.05) is 86.7 Å². The van der Waals surface area contributed by atoms with Gasteiger partial charge in [0.05, 0.1) is 0 Å². The Bertz CT molecular complexity index is 1150. The van der Waals surface area contributed by atoms with E-state index in [2.05, 4.69) is 85.9 Å². The topological polar surface area (TPSA) is 41.6 Å². The molecule has 0 aliphatic rings. The van der Waals surface area contributed by atoms with Crippen LogP contribution in [0.5, 0.6) is 5.75 Å². The van der Waals surface area contributed by atoms with Gasteiger partial charge in [0.1, 0.15) is 12.4 Å². The highest BCUT2D eigenvalue weighted by molar-refractivity contribution is 5.98. The van der Waals surface area contributed by atoms with Crippen molar-refractivity contribution in [2.24, 2.45) is 0 Å². The number of carbonyl (C=O) groups excluding carboxylic acids is 1. The average Bonchev–Trinajstić information content (AvgIpc) is 2.92. The highest BCUT2D eigenvalue weighted by Gasteiger charge is 2.13. The van der Waals surface area contributed by atoms with Crippen molar-refractivity contribution in [2.75, 3.05) is 33.8 Å². The standard InChI is InChI=1S/C32H38N2O2/c1-5-25-14-16-26(17-15-25)30(6-2)32(27-11-8-7-9-12-27)28-18-20-29(21-19-28)36-24-23-33-22-10-13-31(35)34(3)4/h7-21,33H,5-6,22-24H2,1-4H3/b13-10+,32-30-. The van der Waals surface area contributed by atoms with Crippen LogP contribution >= 0.6 is 0 Å². The molecule has 0 spiro atoms. The summed E-state index contributed by atoms with van der Waals surface area (Å²) in [5, 5.41) is 3.26. The van der Waals surface area contributed by atoms with Crippen LogP contribution in [-0.2, 0) is 11.2 Å². The predicted molar refractivity (Wildman–Crippen MR) is 151 cm³/mol. The number of hydrogen-bond donors (Lipinski definition) is 1. The van der Waals surface area contributed by atoms with E-state index < -0.39 is 0 Å². The van der Waals surface area contributed by atoms with Crippen LogP contribution < -0.4 is 10.1 Å². The van der Waals surface area contributed by atoms with Crippen molar-refractivity contribution in [1.29, 1.82) is 0 Å². The van der Waals surface area contributed by atoms with E-state index in [0.717, 1.165) is 18.6 Å². The Hall–Kier alpha value is -3.63. The fraction of sp³-hybridized carbons (Fsp3) is 0.281. The summed E-state index contributed by atoms with van der Waals surface area (Å²) < 4.78 is 5.93. The Morgan fingerprint density at radius 2 is 1.50 bits per heavy atom. The average molecular weight is 483 g/mol. The minimum atomic E-state index is -0.0127. The fourth-order valence-corrected chi connectivity index (χ4v) is 4.04. The Balaban J connectivity index is 1.72.